The van der Waals surface area contributed by atoms with Gasteiger partial charge in [0.2, 0.25) is 0 Å². The number of nitrogens with zero attached hydrogens (tertiary/aromatic N) is 1. The summed E-state index contributed by atoms with van der Waals surface area (Å²) in [5, 5.41) is 4.00. The Morgan fingerprint density at radius 2 is 2.23 bits per heavy atom. The van der Waals surface area contributed by atoms with Crippen LogP contribution in [0.15, 0.2) is 18.2 Å². The summed E-state index contributed by atoms with van der Waals surface area (Å²) in [7, 11) is 0. The standard InChI is InChI=1S/C17H24N2O2S/c1-4-21-16(20)14-6-5-9-19(11-14)17(22)18-15-10-12(2)7-8-13(15)3/h7-8,10,14H,4-6,9,11H2,1-3H3,(H,18,22). The topological polar surface area (TPSA) is 41.6 Å². The van der Waals surface area contributed by atoms with Crippen molar-refractivity contribution in [3.05, 3.63) is 29.3 Å². The maximum Gasteiger partial charge on any atom is 0.310 e. The number of ether oxygens (including phenoxy) is 1. The zero-order valence-corrected chi connectivity index (χ0v) is 14.3. The third kappa shape index (κ3) is 4.19. The van der Waals surface area contributed by atoms with Crippen molar-refractivity contribution >= 4 is 29.0 Å². The van der Waals surface area contributed by atoms with Crippen molar-refractivity contribution in [2.24, 2.45) is 5.92 Å². The molecule has 22 heavy (non-hydrogen) atoms. The van der Waals surface area contributed by atoms with Crippen molar-refractivity contribution in [1.82, 2.24) is 4.90 Å². The van der Waals surface area contributed by atoms with E-state index in [0.29, 0.717) is 18.3 Å². The highest BCUT2D eigenvalue weighted by Crippen LogP contribution is 2.21. The van der Waals surface area contributed by atoms with Gasteiger partial charge in [0.15, 0.2) is 5.11 Å². The first-order valence-corrected chi connectivity index (χ1v) is 8.22. The molecule has 2 rings (SSSR count). The Labute approximate surface area is 137 Å². The van der Waals surface area contributed by atoms with Crippen LogP contribution in [0.2, 0.25) is 0 Å². The summed E-state index contributed by atoms with van der Waals surface area (Å²) in [5.74, 6) is -0.186. The Kier molecular flexibility index (Phi) is 5.77. The SMILES string of the molecule is CCOC(=O)C1CCCN(C(=S)Nc2cc(C)ccc2C)C1. The third-order valence-electron chi connectivity index (χ3n) is 3.96. The summed E-state index contributed by atoms with van der Waals surface area (Å²) < 4.78 is 5.13. The van der Waals surface area contributed by atoms with E-state index in [9.17, 15) is 4.79 Å². The van der Waals surface area contributed by atoms with E-state index >= 15 is 0 Å². The summed E-state index contributed by atoms with van der Waals surface area (Å²) >= 11 is 5.53. The fourth-order valence-electron chi connectivity index (χ4n) is 2.68. The zero-order chi connectivity index (χ0) is 16.1. The number of hydrogen-bond acceptors (Lipinski definition) is 3. The molecule has 0 spiro atoms. The molecular formula is C17H24N2O2S. The highest BCUT2D eigenvalue weighted by Gasteiger charge is 2.28. The second-order valence-electron chi connectivity index (χ2n) is 5.79. The van der Waals surface area contributed by atoms with E-state index in [0.717, 1.165) is 30.6 Å². The van der Waals surface area contributed by atoms with Crippen LogP contribution >= 0.6 is 12.2 Å². The normalized spacial score (nSPS) is 18.0. The predicted molar refractivity (Wildman–Crippen MR) is 93.1 cm³/mol. The van der Waals surface area contributed by atoms with Crippen molar-refractivity contribution < 1.29 is 9.53 Å². The van der Waals surface area contributed by atoms with Gasteiger partial charge in [-0.1, -0.05) is 12.1 Å². The molecule has 1 N–H and O–H groups in total. The predicted octanol–water partition coefficient (Wildman–Crippen LogP) is 3.28. The van der Waals surface area contributed by atoms with E-state index < -0.39 is 0 Å². The molecule has 1 aliphatic rings. The molecule has 5 heteroatoms. The number of piperidine rings is 1. The van der Waals surface area contributed by atoms with Crippen LogP contribution in [-0.4, -0.2) is 35.7 Å². The van der Waals surface area contributed by atoms with E-state index in [4.69, 9.17) is 17.0 Å². The average Bonchev–Trinajstić information content (AvgIpc) is 2.51. The number of rotatable bonds is 3. The minimum absolute atomic E-state index is 0.0768. The van der Waals surface area contributed by atoms with E-state index in [1.807, 2.05) is 6.92 Å². The Hall–Kier alpha value is -1.62. The van der Waals surface area contributed by atoms with Gasteiger partial charge in [-0.2, -0.15) is 0 Å². The second-order valence-corrected chi connectivity index (χ2v) is 6.17. The maximum atomic E-state index is 11.9. The van der Waals surface area contributed by atoms with E-state index in [2.05, 4.69) is 42.3 Å². The molecule has 0 radical (unpaired) electrons. The number of thiocarbonyl (C=S) groups is 1. The molecule has 1 aromatic rings. The molecule has 4 nitrogen and oxygen atoms in total. The van der Waals surface area contributed by atoms with Crippen LogP contribution in [0, 0.1) is 19.8 Å². The number of esters is 1. The van der Waals surface area contributed by atoms with Crippen LogP contribution in [0.4, 0.5) is 5.69 Å². The Bertz CT molecular complexity index is 560. The van der Waals surface area contributed by atoms with Gasteiger partial charge in [0.1, 0.15) is 0 Å². The number of hydrogen-bond donors (Lipinski definition) is 1. The lowest BCUT2D eigenvalue weighted by atomic mass is 9.98. The average molecular weight is 320 g/mol. The van der Waals surface area contributed by atoms with Crippen molar-refractivity contribution in [3.63, 3.8) is 0 Å². The Morgan fingerprint density at radius 3 is 2.95 bits per heavy atom. The molecule has 1 aromatic carbocycles. The monoisotopic (exact) mass is 320 g/mol. The highest BCUT2D eigenvalue weighted by molar-refractivity contribution is 7.80. The van der Waals surface area contributed by atoms with Gasteiger partial charge in [0.25, 0.3) is 0 Å². The molecule has 1 aliphatic heterocycles. The van der Waals surface area contributed by atoms with Crippen molar-refractivity contribution in [3.8, 4) is 0 Å². The van der Waals surface area contributed by atoms with Gasteiger partial charge in [-0.05, 0) is 63.0 Å². The molecule has 1 atom stereocenters. The van der Waals surface area contributed by atoms with Crippen molar-refractivity contribution in [2.75, 3.05) is 25.0 Å². The number of nitrogens with one attached hydrogen (secondary N) is 1. The summed E-state index contributed by atoms with van der Waals surface area (Å²) in [6.07, 6.45) is 1.83. The number of benzene rings is 1. The molecule has 1 saturated heterocycles. The number of carbonyl (C=O) groups is 1. The summed E-state index contributed by atoms with van der Waals surface area (Å²) in [4.78, 5) is 14.0. The van der Waals surface area contributed by atoms with Gasteiger partial charge in [-0.3, -0.25) is 4.79 Å². The van der Waals surface area contributed by atoms with E-state index in [-0.39, 0.29) is 11.9 Å². The minimum Gasteiger partial charge on any atom is -0.466 e. The molecule has 0 saturated carbocycles. The maximum absolute atomic E-state index is 11.9. The smallest absolute Gasteiger partial charge is 0.310 e. The number of carbonyl (C=O) groups excluding carboxylic acids is 1. The third-order valence-corrected chi connectivity index (χ3v) is 4.32. The highest BCUT2D eigenvalue weighted by atomic mass is 32.1. The minimum atomic E-state index is -0.110. The largest absolute Gasteiger partial charge is 0.466 e. The van der Waals surface area contributed by atoms with Crippen LogP contribution in [0.3, 0.4) is 0 Å². The summed E-state index contributed by atoms with van der Waals surface area (Å²) in [6, 6.07) is 6.26. The molecule has 120 valence electrons. The lowest BCUT2D eigenvalue weighted by molar-refractivity contribution is -0.149. The van der Waals surface area contributed by atoms with Crippen LogP contribution < -0.4 is 5.32 Å². The van der Waals surface area contributed by atoms with Gasteiger partial charge in [-0.15, -0.1) is 0 Å². The fourth-order valence-corrected chi connectivity index (χ4v) is 2.95. The Balaban J connectivity index is 2.00. The van der Waals surface area contributed by atoms with Gasteiger partial charge in [-0.25, -0.2) is 0 Å². The zero-order valence-electron chi connectivity index (χ0n) is 13.5. The van der Waals surface area contributed by atoms with Gasteiger partial charge in [0.05, 0.1) is 12.5 Å². The number of likely N-dealkylation sites (tertiary alicyclic amines) is 1. The first-order chi connectivity index (χ1) is 10.5. The number of aryl methyl sites for hydroxylation is 2. The molecule has 0 aromatic heterocycles. The van der Waals surface area contributed by atoms with Crippen molar-refractivity contribution in [2.45, 2.75) is 33.6 Å². The molecule has 1 fully saturated rings. The summed E-state index contributed by atoms with van der Waals surface area (Å²) in [6.45, 7) is 7.90. The summed E-state index contributed by atoms with van der Waals surface area (Å²) in [5.41, 5.74) is 3.38. The lowest BCUT2D eigenvalue weighted by Crippen LogP contribution is -2.44. The molecular weight excluding hydrogens is 296 g/mol. The van der Waals surface area contributed by atoms with Crippen LogP contribution in [0.5, 0.6) is 0 Å². The second kappa shape index (κ2) is 7.58. The fraction of sp³-hybridized carbons (Fsp3) is 0.529. The van der Waals surface area contributed by atoms with Crippen LogP contribution in [-0.2, 0) is 9.53 Å². The Morgan fingerprint density at radius 1 is 1.45 bits per heavy atom. The van der Waals surface area contributed by atoms with Gasteiger partial charge in [0, 0.05) is 18.8 Å². The molecule has 0 aliphatic carbocycles. The quantitative estimate of drug-likeness (QED) is 0.684. The number of anilines is 1. The van der Waals surface area contributed by atoms with Crippen LogP contribution in [0.1, 0.15) is 30.9 Å². The van der Waals surface area contributed by atoms with E-state index in [1.54, 1.807) is 0 Å². The molecule has 1 unspecified atom stereocenters. The van der Waals surface area contributed by atoms with Gasteiger partial charge < -0.3 is 15.0 Å². The van der Waals surface area contributed by atoms with E-state index in [1.165, 1.54) is 5.56 Å². The van der Waals surface area contributed by atoms with Crippen molar-refractivity contribution in [1.29, 1.82) is 0 Å². The molecule has 1 heterocycles. The molecule has 0 bridgehead atoms. The molecule has 0 amide bonds. The first kappa shape index (κ1) is 16.7. The van der Waals surface area contributed by atoms with Crippen LogP contribution in [0.25, 0.3) is 0 Å². The van der Waals surface area contributed by atoms with Gasteiger partial charge >= 0.3 is 5.97 Å². The first-order valence-electron chi connectivity index (χ1n) is 7.81. The lowest BCUT2D eigenvalue weighted by Gasteiger charge is -2.33.